The summed E-state index contributed by atoms with van der Waals surface area (Å²) < 4.78 is 0.829. The van der Waals surface area contributed by atoms with E-state index < -0.39 is 0 Å². The predicted molar refractivity (Wildman–Crippen MR) is 115 cm³/mol. The Balaban J connectivity index is 1.43. The number of hydrogen-bond acceptors (Lipinski definition) is 6. The van der Waals surface area contributed by atoms with Crippen LogP contribution in [0.5, 0.6) is 0 Å². The molecule has 1 fully saturated rings. The van der Waals surface area contributed by atoms with E-state index in [4.69, 9.17) is 0 Å². The molecule has 2 aromatic rings. The van der Waals surface area contributed by atoms with Gasteiger partial charge in [-0.05, 0) is 42.9 Å². The Bertz CT molecular complexity index is 726. The highest BCUT2D eigenvalue weighted by molar-refractivity contribution is 8.01. The van der Waals surface area contributed by atoms with E-state index in [2.05, 4.69) is 46.8 Å². The number of benzene rings is 1. The number of rotatable bonds is 8. The van der Waals surface area contributed by atoms with Crippen molar-refractivity contribution in [2.45, 2.75) is 68.7 Å². The molecule has 7 heteroatoms. The van der Waals surface area contributed by atoms with Crippen LogP contribution in [-0.4, -0.2) is 27.9 Å². The van der Waals surface area contributed by atoms with Crippen molar-refractivity contribution in [2.75, 3.05) is 16.4 Å². The summed E-state index contributed by atoms with van der Waals surface area (Å²) in [5.41, 5.74) is 2.14. The van der Waals surface area contributed by atoms with Crippen LogP contribution in [0.2, 0.25) is 0 Å². The summed E-state index contributed by atoms with van der Waals surface area (Å²) in [5.74, 6) is 0.859. The number of carbonyl (C=O) groups excluding carboxylic acids is 1. The number of amides is 1. The van der Waals surface area contributed by atoms with E-state index >= 15 is 0 Å². The largest absolute Gasteiger partial charge is 0.357 e. The normalized spacial score (nSPS) is 16.1. The Morgan fingerprint density at radius 2 is 1.96 bits per heavy atom. The molecule has 1 aliphatic carbocycles. The molecular formula is C20H28N4OS2. The average molecular weight is 405 g/mol. The van der Waals surface area contributed by atoms with Crippen LogP contribution in [0.25, 0.3) is 0 Å². The lowest BCUT2D eigenvalue weighted by Gasteiger charge is -2.21. The summed E-state index contributed by atoms with van der Waals surface area (Å²) in [5, 5.41) is 15.7. The van der Waals surface area contributed by atoms with E-state index in [9.17, 15) is 4.79 Å². The second kappa shape index (κ2) is 10.1. The zero-order chi connectivity index (χ0) is 19.1. The van der Waals surface area contributed by atoms with Crippen molar-refractivity contribution in [3.05, 3.63) is 29.8 Å². The van der Waals surface area contributed by atoms with Crippen LogP contribution < -0.4 is 10.6 Å². The lowest BCUT2D eigenvalue weighted by molar-refractivity contribution is -0.113. The maximum atomic E-state index is 12.2. The Hall–Kier alpha value is -1.60. The van der Waals surface area contributed by atoms with Crippen LogP contribution in [-0.2, 0) is 4.79 Å². The molecule has 1 aromatic heterocycles. The third-order valence-electron chi connectivity index (χ3n) is 5.04. The molecule has 1 saturated carbocycles. The Morgan fingerprint density at radius 1 is 1.22 bits per heavy atom. The molecule has 1 aliphatic rings. The molecule has 1 heterocycles. The smallest absolute Gasteiger partial charge is 0.234 e. The van der Waals surface area contributed by atoms with Gasteiger partial charge < -0.3 is 10.6 Å². The molecule has 1 aromatic carbocycles. The SMILES string of the molecule is CCC(C)c1ccc(NC(=O)CSc2nnc(NC3CCCCC3)s2)cc1. The maximum Gasteiger partial charge on any atom is 0.234 e. The average Bonchev–Trinajstić information content (AvgIpc) is 3.14. The highest BCUT2D eigenvalue weighted by Gasteiger charge is 2.15. The molecule has 0 spiro atoms. The molecule has 3 rings (SSSR count). The molecule has 0 bridgehead atoms. The van der Waals surface area contributed by atoms with E-state index in [1.807, 2.05) is 12.1 Å². The standard InChI is InChI=1S/C20H28N4OS2/c1-3-14(2)15-9-11-17(12-10-15)21-18(25)13-26-20-24-23-19(27-20)22-16-7-5-4-6-8-16/h9-12,14,16H,3-8,13H2,1-2H3,(H,21,25)(H,22,23). The highest BCUT2D eigenvalue weighted by atomic mass is 32.2. The van der Waals surface area contributed by atoms with Gasteiger partial charge in [0.05, 0.1) is 5.75 Å². The zero-order valence-electron chi connectivity index (χ0n) is 16.0. The lowest BCUT2D eigenvalue weighted by Crippen LogP contribution is -2.21. The summed E-state index contributed by atoms with van der Waals surface area (Å²) >= 11 is 2.97. The summed E-state index contributed by atoms with van der Waals surface area (Å²) in [4.78, 5) is 12.2. The van der Waals surface area contributed by atoms with Crippen molar-refractivity contribution in [2.24, 2.45) is 0 Å². The van der Waals surface area contributed by atoms with E-state index in [1.54, 1.807) is 0 Å². The lowest BCUT2D eigenvalue weighted by atomic mass is 9.96. The fraction of sp³-hybridized carbons (Fsp3) is 0.550. The van der Waals surface area contributed by atoms with Crippen LogP contribution in [0.15, 0.2) is 28.6 Å². The number of hydrogen-bond donors (Lipinski definition) is 2. The first-order valence-electron chi connectivity index (χ1n) is 9.76. The molecule has 5 nitrogen and oxygen atoms in total. The fourth-order valence-corrected chi connectivity index (χ4v) is 4.83. The van der Waals surface area contributed by atoms with Crippen LogP contribution in [0.1, 0.15) is 63.9 Å². The van der Waals surface area contributed by atoms with Gasteiger partial charge in [0.25, 0.3) is 0 Å². The highest BCUT2D eigenvalue weighted by Crippen LogP contribution is 2.28. The van der Waals surface area contributed by atoms with Gasteiger partial charge in [-0.15, -0.1) is 10.2 Å². The Kier molecular flexibility index (Phi) is 7.52. The van der Waals surface area contributed by atoms with Crippen molar-refractivity contribution in [3.8, 4) is 0 Å². The van der Waals surface area contributed by atoms with E-state index in [1.165, 1.54) is 60.8 Å². The number of anilines is 2. The Morgan fingerprint density at radius 3 is 2.67 bits per heavy atom. The van der Waals surface area contributed by atoms with Crippen LogP contribution in [0, 0.1) is 0 Å². The van der Waals surface area contributed by atoms with Gasteiger partial charge in [-0.2, -0.15) is 0 Å². The predicted octanol–water partition coefficient (Wildman–Crippen LogP) is 5.53. The molecule has 146 valence electrons. The van der Waals surface area contributed by atoms with E-state index in [0.717, 1.165) is 21.6 Å². The second-order valence-electron chi connectivity index (χ2n) is 7.12. The van der Waals surface area contributed by atoms with Gasteiger partial charge in [-0.25, -0.2) is 0 Å². The zero-order valence-corrected chi connectivity index (χ0v) is 17.7. The first-order valence-corrected chi connectivity index (χ1v) is 11.6. The number of carbonyl (C=O) groups is 1. The van der Waals surface area contributed by atoms with Crippen molar-refractivity contribution in [3.63, 3.8) is 0 Å². The third kappa shape index (κ3) is 6.21. The fourth-order valence-electron chi connectivity index (χ4n) is 3.20. The van der Waals surface area contributed by atoms with Crippen molar-refractivity contribution >= 4 is 39.8 Å². The first-order chi connectivity index (χ1) is 13.1. The maximum absolute atomic E-state index is 12.2. The molecule has 1 atom stereocenters. The van der Waals surface area contributed by atoms with Crippen molar-refractivity contribution < 1.29 is 4.79 Å². The van der Waals surface area contributed by atoms with Crippen molar-refractivity contribution in [1.29, 1.82) is 0 Å². The quantitative estimate of drug-likeness (QED) is 0.567. The molecule has 27 heavy (non-hydrogen) atoms. The third-order valence-corrected chi connectivity index (χ3v) is 7.03. The molecular weight excluding hydrogens is 376 g/mol. The minimum atomic E-state index is -0.0201. The van der Waals surface area contributed by atoms with Gasteiger partial charge >= 0.3 is 0 Å². The van der Waals surface area contributed by atoms with Gasteiger partial charge in [0.15, 0.2) is 4.34 Å². The number of thioether (sulfide) groups is 1. The Labute approximate surface area is 169 Å². The van der Waals surface area contributed by atoms with Gasteiger partial charge in [-0.1, -0.05) is 68.3 Å². The summed E-state index contributed by atoms with van der Waals surface area (Å²) in [6.45, 7) is 4.39. The van der Waals surface area contributed by atoms with Gasteiger partial charge in [0.1, 0.15) is 0 Å². The van der Waals surface area contributed by atoms with Crippen LogP contribution >= 0.6 is 23.1 Å². The summed E-state index contributed by atoms with van der Waals surface area (Å²) in [6.07, 6.45) is 7.44. The molecule has 0 aliphatic heterocycles. The van der Waals surface area contributed by atoms with Gasteiger partial charge in [-0.3, -0.25) is 4.79 Å². The monoisotopic (exact) mass is 404 g/mol. The first kappa shape index (κ1) is 20.1. The topological polar surface area (TPSA) is 66.9 Å². The number of nitrogens with one attached hydrogen (secondary N) is 2. The van der Waals surface area contributed by atoms with Gasteiger partial charge in [0, 0.05) is 11.7 Å². The van der Waals surface area contributed by atoms with E-state index in [-0.39, 0.29) is 5.91 Å². The molecule has 1 unspecified atom stereocenters. The minimum Gasteiger partial charge on any atom is -0.357 e. The second-order valence-corrected chi connectivity index (χ2v) is 9.32. The molecule has 0 radical (unpaired) electrons. The number of aromatic nitrogens is 2. The van der Waals surface area contributed by atoms with E-state index in [0.29, 0.717) is 17.7 Å². The summed E-state index contributed by atoms with van der Waals surface area (Å²) in [6, 6.07) is 8.64. The number of nitrogens with zero attached hydrogens (tertiary/aromatic N) is 2. The van der Waals surface area contributed by atoms with Crippen LogP contribution in [0.3, 0.4) is 0 Å². The molecule has 0 saturated heterocycles. The van der Waals surface area contributed by atoms with Gasteiger partial charge in [0.2, 0.25) is 11.0 Å². The molecule has 2 N–H and O–H groups in total. The van der Waals surface area contributed by atoms with Crippen molar-refractivity contribution in [1.82, 2.24) is 10.2 Å². The minimum absolute atomic E-state index is 0.0201. The molecule has 1 amide bonds. The van der Waals surface area contributed by atoms with Crippen LogP contribution in [0.4, 0.5) is 10.8 Å². The summed E-state index contributed by atoms with van der Waals surface area (Å²) in [7, 11) is 0.